The van der Waals surface area contributed by atoms with Crippen LogP contribution in [0, 0.1) is 5.92 Å². The zero-order valence-electron chi connectivity index (χ0n) is 9.62. The van der Waals surface area contributed by atoms with E-state index in [2.05, 4.69) is 23.9 Å². The van der Waals surface area contributed by atoms with Gasteiger partial charge in [-0.05, 0) is 18.8 Å². The number of aryl methyl sites for hydroxylation is 1. The van der Waals surface area contributed by atoms with Crippen molar-refractivity contribution in [2.75, 3.05) is 5.88 Å². The molecule has 4 heteroatoms. The molecule has 0 aliphatic heterocycles. The van der Waals surface area contributed by atoms with Gasteiger partial charge in [-0.15, -0.1) is 11.6 Å². The van der Waals surface area contributed by atoms with Crippen molar-refractivity contribution in [1.29, 1.82) is 0 Å². The molecule has 0 aliphatic carbocycles. The van der Waals surface area contributed by atoms with E-state index in [9.17, 15) is 0 Å². The molecule has 0 amide bonds. The molecule has 0 aliphatic rings. The van der Waals surface area contributed by atoms with Gasteiger partial charge < -0.3 is 0 Å². The molecule has 0 fully saturated rings. The van der Waals surface area contributed by atoms with Crippen LogP contribution in [0.1, 0.15) is 38.9 Å². The quantitative estimate of drug-likeness (QED) is 0.674. The summed E-state index contributed by atoms with van der Waals surface area (Å²) < 4.78 is 2.00. The largest absolute Gasteiger partial charge is 0.250 e. The van der Waals surface area contributed by atoms with Gasteiger partial charge in [0, 0.05) is 18.8 Å². The summed E-state index contributed by atoms with van der Waals surface area (Å²) in [5.41, 5.74) is 0. The lowest BCUT2D eigenvalue weighted by Crippen LogP contribution is -2.12. The van der Waals surface area contributed by atoms with Gasteiger partial charge >= 0.3 is 0 Å². The fourth-order valence-electron chi connectivity index (χ4n) is 1.74. The maximum absolute atomic E-state index is 5.94. The average Bonchev–Trinajstić information content (AvgIpc) is 2.66. The number of hydrogen-bond acceptors (Lipinski definition) is 2. The van der Waals surface area contributed by atoms with Gasteiger partial charge in [0.2, 0.25) is 0 Å². The Morgan fingerprint density at radius 3 is 2.80 bits per heavy atom. The summed E-state index contributed by atoms with van der Waals surface area (Å²) in [5, 5.41) is 4.22. The minimum absolute atomic E-state index is 0.538. The summed E-state index contributed by atoms with van der Waals surface area (Å²) in [5.74, 6) is 2.33. The van der Waals surface area contributed by atoms with Crippen molar-refractivity contribution < 1.29 is 0 Å². The molecule has 0 radical (unpaired) electrons. The van der Waals surface area contributed by atoms with Gasteiger partial charge in [-0.1, -0.05) is 20.3 Å². The Balaban J connectivity index is 2.57. The number of nitrogens with zero attached hydrogens (tertiary/aromatic N) is 3. The second-order valence-electron chi connectivity index (χ2n) is 3.91. The van der Waals surface area contributed by atoms with Crippen molar-refractivity contribution in [1.82, 2.24) is 14.8 Å². The van der Waals surface area contributed by atoms with Crippen LogP contribution in [0.5, 0.6) is 0 Å². The molecule has 15 heavy (non-hydrogen) atoms. The van der Waals surface area contributed by atoms with Crippen LogP contribution in [0.4, 0.5) is 0 Å². The van der Waals surface area contributed by atoms with Crippen LogP contribution in [-0.4, -0.2) is 20.6 Å². The summed E-state index contributed by atoms with van der Waals surface area (Å²) in [6.07, 6.45) is 6.04. The highest BCUT2D eigenvalue weighted by atomic mass is 35.5. The van der Waals surface area contributed by atoms with E-state index in [0.717, 1.165) is 25.2 Å². The smallest absolute Gasteiger partial charge is 0.138 e. The third-order valence-electron chi connectivity index (χ3n) is 2.52. The van der Waals surface area contributed by atoms with E-state index in [-0.39, 0.29) is 0 Å². The molecule has 0 aromatic carbocycles. The Kier molecular flexibility index (Phi) is 5.69. The molecule has 0 saturated heterocycles. The summed E-state index contributed by atoms with van der Waals surface area (Å²) in [4.78, 5) is 4.30. The van der Waals surface area contributed by atoms with Crippen molar-refractivity contribution >= 4 is 11.6 Å². The van der Waals surface area contributed by atoms with Crippen molar-refractivity contribution in [2.24, 2.45) is 5.92 Å². The van der Waals surface area contributed by atoms with Crippen molar-refractivity contribution in [2.45, 2.75) is 46.1 Å². The van der Waals surface area contributed by atoms with Crippen LogP contribution in [-0.2, 0) is 13.0 Å². The molecule has 0 N–H and O–H groups in total. The maximum Gasteiger partial charge on any atom is 0.138 e. The molecule has 86 valence electrons. The predicted molar refractivity (Wildman–Crippen MR) is 63.1 cm³/mol. The first-order chi connectivity index (χ1) is 7.31. The number of alkyl halides is 1. The van der Waals surface area contributed by atoms with Gasteiger partial charge in [-0.3, -0.25) is 4.68 Å². The SMILES string of the molecule is CCCC(CCl)Cc1ncnn1CCC. The molecular formula is C11H20ClN3. The molecule has 1 atom stereocenters. The molecule has 0 saturated carbocycles. The molecule has 1 heterocycles. The molecule has 1 aromatic rings. The van der Waals surface area contributed by atoms with Gasteiger partial charge in [0.05, 0.1) is 0 Å². The second-order valence-corrected chi connectivity index (χ2v) is 4.22. The van der Waals surface area contributed by atoms with E-state index >= 15 is 0 Å². The van der Waals surface area contributed by atoms with Crippen molar-refractivity contribution in [3.63, 3.8) is 0 Å². The molecule has 1 aromatic heterocycles. The second kappa shape index (κ2) is 6.83. The van der Waals surface area contributed by atoms with E-state index in [4.69, 9.17) is 11.6 Å². The standard InChI is InChI=1S/C11H20ClN3/c1-3-5-10(8-12)7-11-13-9-14-15(11)6-4-2/h9-10H,3-8H2,1-2H3. The average molecular weight is 230 g/mol. The number of hydrogen-bond donors (Lipinski definition) is 0. The Labute approximate surface area is 96.8 Å². The summed E-state index contributed by atoms with van der Waals surface area (Å²) in [6.45, 7) is 5.29. The van der Waals surface area contributed by atoms with Gasteiger partial charge in [0.25, 0.3) is 0 Å². The number of aromatic nitrogens is 3. The van der Waals surface area contributed by atoms with Crippen LogP contribution < -0.4 is 0 Å². The number of halogens is 1. The van der Waals surface area contributed by atoms with E-state index in [1.54, 1.807) is 6.33 Å². The van der Waals surface area contributed by atoms with Crippen molar-refractivity contribution in [3.8, 4) is 0 Å². The van der Waals surface area contributed by atoms with E-state index in [1.807, 2.05) is 4.68 Å². The minimum atomic E-state index is 0.538. The monoisotopic (exact) mass is 229 g/mol. The molecule has 0 bridgehead atoms. The Morgan fingerprint density at radius 1 is 1.40 bits per heavy atom. The molecule has 1 rings (SSSR count). The third-order valence-corrected chi connectivity index (χ3v) is 2.95. The van der Waals surface area contributed by atoms with Gasteiger partial charge in [0.15, 0.2) is 0 Å². The highest BCUT2D eigenvalue weighted by Gasteiger charge is 2.11. The number of rotatable bonds is 7. The van der Waals surface area contributed by atoms with Crippen LogP contribution in [0.3, 0.4) is 0 Å². The normalized spacial score (nSPS) is 13.0. The van der Waals surface area contributed by atoms with Crippen LogP contribution in [0.15, 0.2) is 6.33 Å². The fraction of sp³-hybridized carbons (Fsp3) is 0.818. The lowest BCUT2D eigenvalue weighted by Gasteiger charge is -2.12. The third kappa shape index (κ3) is 3.82. The zero-order valence-corrected chi connectivity index (χ0v) is 10.4. The summed E-state index contributed by atoms with van der Waals surface area (Å²) in [6, 6.07) is 0. The Bertz CT molecular complexity index is 273. The molecule has 0 spiro atoms. The summed E-state index contributed by atoms with van der Waals surface area (Å²) in [7, 11) is 0. The van der Waals surface area contributed by atoms with E-state index in [1.165, 1.54) is 12.8 Å². The zero-order chi connectivity index (χ0) is 11.1. The highest BCUT2D eigenvalue weighted by molar-refractivity contribution is 6.18. The lowest BCUT2D eigenvalue weighted by molar-refractivity contribution is 0.481. The van der Waals surface area contributed by atoms with Crippen molar-refractivity contribution in [3.05, 3.63) is 12.2 Å². The minimum Gasteiger partial charge on any atom is -0.250 e. The van der Waals surface area contributed by atoms with Gasteiger partial charge in [-0.25, -0.2) is 4.98 Å². The lowest BCUT2D eigenvalue weighted by atomic mass is 10.0. The highest BCUT2D eigenvalue weighted by Crippen LogP contribution is 2.14. The Morgan fingerprint density at radius 2 is 2.20 bits per heavy atom. The van der Waals surface area contributed by atoms with Crippen LogP contribution in [0.25, 0.3) is 0 Å². The van der Waals surface area contributed by atoms with Gasteiger partial charge in [-0.2, -0.15) is 5.10 Å². The fourth-order valence-corrected chi connectivity index (χ4v) is 2.01. The first kappa shape index (κ1) is 12.5. The van der Waals surface area contributed by atoms with Crippen LogP contribution >= 0.6 is 11.6 Å². The van der Waals surface area contributed by atoms with E-state index < -0.39 is 0 Å². The molecule has 1 unspecified atom stereocenters. The first-order valence-electron chi connectivity index (χ1n) is 5.74. The topological polar surface area (TPSA) is 30.7 Å². The van der Waals surface area contributed by atoms with Crippen LogP contribution in [0.2, 0.25) is 0 Å². The van der Waals surface area contributed by atoms with Gasteiger partial charge in [0.1, 0.15) is 12.2 Å². The predicted octanol–water partition coefficient (Wildman–Crippen LogP) is 2.89. The molecular weight excluding hydrogens is 210 g/mol. The Hall–Kier alpha value is -0.570. The van der Waals surface area contributed by atoms with E-state index in [0.29, 0.717) is 11.8 Å². The maximum atomic E-state index is 5.94. The molecule has 3 nitrogen and oxygen atoms in total. The summed E-state index contributed by atoms with van der Waals surface area (Å²) >= 11 is 5.94. The first-order valence-corrected chi connectivity index (χ1v) is 6.27.